The number of ether oxygens (including phenoxy) is 2. The fourth-order valence-corrected chi connectivity index (χ4v) is 3.18. The fraction of sp³-hybridized carbons (Fsp3) is 0.421. The average molecular weight is 313 g/mol. The molecule has 0 radical (unpaired) electrons. The highest BCUT2D eigenvalue weighted by atomic mass is 16.5. The van der Waals surface area contributed by atoms with Crippen molar-refractivity contribution in [1.82, 2.24) is 4.90 Å². The van der Waals surface area contributed by atoms with Crippen molar-refractivity contribution in [2.75, 3.05) is 32.9 Å². The first kappa shape index (κ1) is 15.8. The van der Waals surface area contributed by atoms with Crippen LogP contribution in [-0.4, -0.2) is 43.8 Å². The summed E-state index contributed by atoms with van der Waals surface area (Å²) < 4.78 is 10.7. The van der Waals surface area contributed by atoms with Crippen LogP contribution in [0, 0.1) is 0 Å². The third-order valence-corrected chi connectivity index (χ3v) is 4.22. The molecule has 1 fully saturated rings. The van der Waals surface area contributed by atoms with Gasteiger partial charge in [-0.05, 0) is 37.0 Å². The zero-order valence-electron chi connectivity index (χ0n) is 13.6. The smallest absolute Gasteiger partial charge is 0.336 e. The van der Waals surface area contributed by atoms with E-state index in [2.05, 4.69) is 23.1 Å². The lowest BCUT2D eigenvalue weighted by Gasteiger charge is -2.31. The highest BCUT2D eigenvalue weighted by Crippen LogP contribution is 2.36. The molecule has 23 heavy (non-hydrogen) atoms. The van der Waals surface area contributed by atoms with Crippen LogP contribution in [0.3, 0.4) is 0 Å². The Morgan fingerprint density at radius 2 is 1.96 bits per heavy atom. The maximum Gasteiger partial charge on any atom is 0.336 e. The van der Waals surface area contributed by atoms with E-state index < -0.39 is 0 Å². The van der Waals surface area contributed by atoms with E-state index in [0.29, 0.717) is 19.8 Å². The first-order chi connectivity index (χ1) is 11.3. The molecule has 4 nitrogen and oxygen atoms in total. The monoisotopic (exact) mass is 313 g/mol. The van der Waals surface area contributed by atoms with Crippen LogP contribution in [0.2, 0.25) is 0 Å². The molecule has 1 heterocycles. The number of hydrogen-bond donors (Lipinski definition) is 0. The van der Waals surface area contributed by atoms with E-state index in [-0.39, 0.29) is 5.97 Å². The maximum atomic E-state index is 12.3. The normalized spacial score (nSPS) is 20.2. The predicted octanol–water partition coefficient (Wildman–Crippen LogP) is 3.01. The van der Waals surface area contributed by atoms with Gasteiger partial charge in [0, 0.05) is 13.1 Å². The summed E-state index contributed by atoms with van der Waals surface area (Å²) in [7, 11) is 0. The number of carbonyl (C=O) groups is 1. The van der Waals surface area contributed by atoms with Crippen LogP contribution < -0.4 is 0 Å². The molecule has 0 saturated carbocycles. The molecule has 0 N–H and O–H groups in total. The first-order valence-electron chi connectivity index (χ1n) is 8.28. The van der Waals surface area contributed by atoms with Crippen LogP contribution >= 0.6 is 0 Å². The number of morpholine rings is 1. The molecule has 1 aromatic rings. The molecule has 0 bridgehead atoms. The summed E-state index contributed by atoms with van der Waals surface area (Å²) in [6.07, 6.45) is 3.83. The van der Waals surface area contributed by atoms with E-state index in [9.17, 15) is 4.79 Å². The number of nitrogens with zero attached hydrogens (tertiary/aromatic N) is 1. The van der Waals surface area contributed by atoms with Gasteiger partial charge in [0.05, 0.1) is 31.1 Å². The molecule has 0 amide bonds. The number of carbonyl (C=O) groups excluding carboxylic acids is 1. The van der Waals surface area contributed by atoms with Crippen molar-refractivity contribution < 1.29 is 14.3 Å². The number of benzene rings is 1. The molecule has 0 aromatic heterocycles. The Bertz CT molecular complexity index is 613. The minimum absolute atomic E-state index is 0.176. The lowest BCUT2D eigenvalue weighted by atomic mass is 10.1. The lowest BCUT2D eigenvalue weighted by Crippen LogP contribution is -2.36. The zero-order chi connectivity index (χ0) is 16.1. The lowest BCUT2D eigenvalue weighted by molar-refractivity contribution is -0.138. The second-order valence-electron chi connectivity index (χ2n) is 5.73. The third kappa shape index (κ3) is 3.64. The van der Waals surface area contributed by atoms with E-state index in [0.717, 1.165) is 37.2 Å². The zero-order valence-corrected chi connectivity index (χ0v) is 13.6. The minimum Gasteiger partial charge on any atom is -0.463 e. The Hall–Kier alpha value is -2.07. The van der Waals surface area contributed by atoms with Crippen LogP contribution in [0.15, 0.2) is 47.2 Å². The molecule has 1 aliphatic carbocycles. The van der Waals surface area contributed by atoms with Gasteiger partial charge in [0.15, 0.2) is 0 Å². The van der Waals surface area contributed by atoms with Gasteiger partial charge in [0.1, 0.15) is 0 Å². The largest absolute Gasteiger partial charge is 0.463 e. The predicted molar refractivity (Wildman–Crippen MR) is 89.7 cm³/mol. The van der Waals surface area contributed by atoms with Crippen molar-refractivity contribution in [2.24, 2.45) is 0 Å². The quantitative estimate of drug-likeness (QED) is 0.801. The number of esters is 1. The molecule has 0 unspecified atom stereocenters. The van der Waals surface area contributed by atoms with Crippen LogP contribution in [0.4, 0.5) is 0 Å². The molecule has 3 rings (SSSR count). The Kier molecular flexibility index (Phi) is 5.13. The van der Waals surface area contributed by atoms with Gasteiger partial charge < -0.3 is 14.4 Å². The van der Waals surface area contributed by atoms with Crippen LogP contribution in [0.25, 0.3) is 6.08 Å². The van der Waals surface area contributed by atoms with Crippen molar-refractivity contribution in [3.05, 3.63) is 52.7 Å². The Morgan fingerprint density at radius 3 is 2.65 bits per heavy atom. The summed E-state index contributed by atoms with van der Waals surface area (Å²) in [5.74, 6) is -0.176. The topological polar surface area (TPSA) is 38.8 Å². The number of rotatable bonds is 4. The van der Waals surface area contributed by atoms with E-state index in [1.165, 1.54) is 11.1 Å². The first-order valence-corrected chi connectivity index (χ1v) is 8.28. The second kappa shape index (κ2) is 7.47. The van der Waals surface area contributed by atoms with E-state index in [4.69, 9.17) is 9.47 Å². The van der Waals surface area contributed by atoms with E-state index >= 15 is 0 Å². The molecule has 1 aromatic carbocycles. The Morgan fingerprint density at radius 1 is 1.22 bits per heavy atom. The van der Waals surface area contributed by atoms with Crippen molar-refractivity contribution >= 4 is 12.0 Å². The highest BCUT2D eigenvalue weighted by Gasteiger charge is 2.30. The van der Waals surface area contributed by atoms with Crippen LogP contribution in [0.5, 0.6) is 0 Å². The molecule has 4 heteroatoms. The van der Waals surface area contributed by atoms with Crippen LogP contribution in [-0.2, 0) is 14.3 Å². The Balaban J connectivity index is 1.95. The van der Waals surface area contributed by atoms with Crippen molar-refractivity contribution in [3.8, 4) is 0 Å². The van der Waals surface area contributed by atoms with Gasteiger partial charge in [-0.2, -0.15) is 0 Å². The summed E-state index contributed by atoms with van der Waals surface area (Å²) in [6.45, 7) is 5.32. The van der Waals surface area contributed by atoms with Gasteiger partial charge in [0.2, 0.25) is 0 Å². The van der Waals surface area contributed by atoms with E-state index in [1.807, 2.05) is 25.1 Å². The second-order valence-corrected chi connectivity index (χ2v) is 5.73. The number of allylic oxidation sites excluding steroid dienone is 1. The van der Waals surface area contributed by atoms with Gasteiger partial charge >= 0.3 is 5.97 Å². The van der Waals surface area contributed by atoms with Gasteiger partial charge in [-0.1, -0.05) is 30.3 Å². The van der Waals surface area contributed by atoms with Gasteiger partial charge in [-0.3, -0.25) is 0 Å². The minimum atomic E-state index is -0.176. The van der Waals surface area contributed by atoms with E-state index in [1.54, 1.807) is 0 Å². The number of hydrogen-bond acceptors (Lipinski definition) is 4. The van der Waals surface area contributed by atoms with Crippen molar-refractivity contribution in [3.63, 3.8) is 0 Å². The summed E-state index contributed by atoms with van der Waals surface area (Å²) >= 11 is 0. The highest BCUT2D eigenvalue weighted by molar-refractivity contribution is 5.92. The van der Waals surface area contributed by atoms with Crippen molar-refractivity contribution in [2.45, 2.75) is 19.8 Å². The Labute approximate surface area is 137 Å². The van der Waals surface area contributed by atoms with Crippen molar-refractivity contribution in [1.29, 1.82) is 0 Å². The molecule has 122 valence electrons. The van der Waals surface area contributed by atoms with Crippen LogP contribution in [0.1, 0.15) is 25.3 Å². The molecule has 0 atom stereocenters. The summed E-state index contributed by atoms with van der Waals surface area (Å²) in [4.78, 5) is 14.6. The van der Waals surface area contributed by atoms with Gasteiger partial charge in [-0.25, -0.2) is 4.79 Å². The molecule has 2 aliphatic rings. The standard InChI is InChI=1S/C19H23NO3/c1-2-23-19(21)17-9-8-16(14-15-6-4-3-5-7-15)18(17)20-10-12-22-13-11-20/h3-7,14H,2,8-13H2,1H3/b16-14+. The summed E-state index contributed by atoms with van der Waals surface area (Å²) in [6, 6.07) is 10.3. The molecular formula is C19H23NO3. The average Bonchev–Trinajstić information content (AvgIpc) is 3.00. The summed E-state index contributed by atoms with van der Waals surface area (Å²) in [5, 5.41) is 0. The SMILES string of the molecule is CCOC(=O)C1=C(N2CCOCC2)/C(=C/c2ccccc2)CC1. The third-order valence-electron chi connectivity index (χ3n) is 4.22. The molecule has 1 aliphatic heterocycles. The fourth-order valence-electron chi connectivity index (χ4n) is 3.18. The summed E-state index contributed by atoms with van der Waals surface area (Å²) in [5.41, 5.74) is 4.27. The maximum absolute atomic E-state index is 12.3. The molecular weight excluding hydrogens is 290 g/mol. The van der Waals surface area contributed by atoms with Gasteiger partial charge in [0.25, 0.3) is 0 Å². The van der Waals surface area contributed by atoms with Gasteiger partial charge in [-0.15, -0.1) is 0 Å². The molecule has 0 spiro atoms. The molecule has 1 saturated heterocycles.